The number of rotatable bonds is 5. The van der Waals surface area contributed by atoms with Crippen molar-refractivity contribution in [3.05, 3.63) is 60.3 Å². The maximum atomic E-state index is 15.4. The number of benzene rings is 1. The third-order valence-electron chi connectivity index (χ3n) is 6.81. The molecule has 0 bridgehead atoms. The molecule has 0 amide bonds. The minimum atomic E-state index is -1.92. The van der Waals surface area contributed by atoms with Crippen LogP contribution in [0.2, 0.25) is 18.1 Å². The van der Waals surface area contributed by atoms with Gasteiger partial charge in [-0.1, -0.05) is 32.9 Å². The third-order valence-corrected chi connectivity index (χ3v) is 11.3. The topological polar surface area (TPSA) is 33.0 Å². The quantitative estimate of drug-likeness (QED) is 0.503. The molecule has 7 heteroatoms. The van der Waals surface area contributed by atoms with Crippen molar-refractivity contribution in [2.45, 2.75) is 45.5 Å². The Morgan fingerprint density at radius 3 is 2.45 bits per heavy atom. The lowest BCUT2D eigenvalue weighted by atomic mass is 10.1. The average molecular weight is 441 g/mol. The van der Waals surface area contributed by atoms with Crippen LogP contribution in [0, 0.1) is 5.82 Å². The second-order valence-electron chi connectivity index (χ2n) is 9.85. The molecule has 1 aliphatic heterocycles. The Labute approximate surface area is 185 Å². The highest BCUT2D eigenvalue weighted by molar-refractivity contribution is 6.74. The Balaban J connectivity index is 1.43. The van der Waals surface area contributed by atoms with Gasteiger partial charge in [0.05, 0.1) is 18.0 Å². The van der Waals surface area contributed by atoms with Crippen molar-refractivity contribution in [3.8, 4) is 0 Å². The first kappa shape index (κ1) is 21.8. The molecule has 0 atom stereocenters. The molecule has 4 rings (SSSR count). The molecule has 166 valence electrons. The fraction of sp³-hybridized carbons (Fsp3) is 0.458. The van der Waals surface area contributed by atoms with Crippen LogP contribution in [0.15, 0.2) is 48.9 Å². The van der Waals surface area contributed by atoms with Crippen molar-refractivity contribution >= 4 is 25.3 Å². The highest BCUT2D eigenvalue weighted by atomic mass is 28.4. The fourth-order valence-electron chi connectivity index (χ4n) is 3.70. The van der Waals surface area contributed by atoms with Gasteiger partial charge in [0.2, 0.25) is 0 Å². The van der Waals surface area contributed by atoms with Crippen molar-refractivity contribution < 1.29 is 8.82 Å². The van der Waals surface area contributed by atoms with E-state index >= 15 is 4.39 Å². The van der Waals surface area contributed by atoms with Crippen molar-refractivity contribution in [2.24, 2.45) is 0 Å². The molecule has 0 aliphatic carbocycles. The zero-order valence-electron chi connectivity index (χ0n) is 19.2. The predicted molar refractivity (Wildman–Crippen MR) is 128 cm³/mol. The Kier molecular flexibility index (Phi) is 5.83. The van der Waals surface area contributed by atoms with Crippen LogP contribution < -0.4 is 9.80 Å². The maximum Gasteiger partial charge on any atom is 0.192 e. The Bertz CT molecular complexity index is 1050. The number of nitrogens with zero attached hydrogens (tertiary/aromatic N) is 4. The zero-order chi connectivity index (χ0) is 22.2. The molecule has 1 saturated heterocycles. The van der Waals surface area contributed by atoms with Gasteiger partial charge in [-0.25, -0.2) is 9.37 Å². The van der Waals surface area contributed by atoms with Gasteiger partial charge >= 0.3 is 0 Å². The van der Waals surface area contributed by atoms with Crippen LogP contribution in [0.5, 0.6) is 0 Å². The summed E-state index contributed by atoms with van der Waals surface area (Å²) in [5.74, 6) is -0.144. The van der Waals surface area contributed by atoms with E-state index in [4.69, 9.17) is 4.43 Å². The number of aromatic nitrogens is 2. The van der Waals surface area contributed by atoms with Gasteiger partial charge in [-0.05, 0) is 36.3 Å². The molecule has 0 N–H and O–H groups in total. The van der Waals surface area contributed by atoms with Gasteiger partial charge in [0, 0.05) is 50.3 Å². The van der Waals surface area contributed by atoms with E-state index in [0.717, 1.165) is 31.8 Å². The number of hydrogen-bond acceptors (Lipinski definition) is 4. The smallest absolute Gasteiger partial charge is 0.192 e. The van der Waals surface area contributed by atoms with Crippen molar-refractivity contribution in [1.29, 1.82) is 0 Å². The van der Waals surface area contributed by atoms with E-state index < -0.39 is 8.32 Å². The van der Waals surface area contributed by atoms with Gasteiger partial charge in [-0.3, -0.25) is 0 Å². The SMILES string of the molecule is CC(C)(C)[Si](C)(C)OCc1cccc(N2CCN(c3ccc4nccn4c3)CC2)c1F. The summed E-state index contributed by atoms with van der Waals surface area (Å²) in [7, 11) is -1.92. The van der Waals surface area contributed by atoms with Gasteiger partial charge in [-0.15, -0.1) is 0 Å². The van der Waals surface area contributed by atoms with E-state index in [1.165, 1.54) is 5.69 Å². The van der Waals surface area contributed by atoms with Crippen LogP contribution >= 0.6 is 0 Å². The molecule has 31 heavy (non-hydrogen) atoms. The summed E-state index contributed by atoms with van der Waals surface area (Å²) < 4.78 is 23.7. The van der Waals surface area contributed by atoms with Crippen LogP contribution in [0.4, 0.5) is 15.8 Å². The number of anilines is 2. The lowest BCUT2D eigenvalue weighted by Gasteiger charge is -2.38. The second kappa shape index (κ2) is 8.28. The van der Waals surface area contributed by atoms with Gasteiger partial charge in [-0.2, -0.15) is 0 Å². The summed E-state index contributed by atoms with van der Waals surface area (Å²) in [5, 5.41) is 0.108. The van der Waals surface area contributed by atoms with Crippen molar-refractivity contribution in [2.75, 3.05) is 36.0 Å². The van der Waals surface area contributed by atoms with Gasteiger partial charge in [0.25, 0.3) is 0 Å². The van der Waals surface area contributed by atoms with Gasteiger partial charge < -0.3 is 18.6 Å². The molecule has 0 radical (unpaired) electrons. The first-order chi connectivity index (χ1) is 14.7. The lowest BCUT2D eigenvalue weighted by Crippen LogP contribution is -2.47. The molecule has 3 heterocycles. The highest BCUT2D eigenvalue weighted by Gasteiger charge is 2.37. The average Bonchev–Trinajstić information content (AvgIpc) is 3.20. The normalized spacial score (nSPS) is 15.7. The highest BCUT2D eigenvalue weighted by Crippen LogP contribution is 2.37. The summed E-state index contributed by atoms with van der Waals surface area (Å²) in [6.45, 7) is 14.6. The van der Waals surface area contributed by atoms with Crippen LogP contribution in [0.1, 0.15) is 26.3 Å². The molecule has 5 nitrogen and oxygen atoms in total. The molecule has 3 aromatic rings. The maximum absolute atomic E-state index is 15.4. The van der Waals surface area contributed by atoms with E-state index in [2.05, 4.69) is 60.9 Å². The molecule has 1 aliphatic rings. The third kappa shape index (κ3) is 4.48. The number of piperazine rings is 1. The molecule has 0 spiro atoms. The summed E-state index contributed by atoms with van der Waals surface area (Å²) in [6, 6.07) is 9.83. The van der Waals surface area contributed by atoms with E-state index in [0.29, 0.717) is 17.9 Å². The molecular weight excluding hydrogens is 407 g/mol. The Morgan fingerprint density at radius 1 is 1.03 bits per heavy atom. The van der Waals surface area contributed by atoms with E-state index in [-0.39, 0.29) is 10.9 Å². The van der Waals surface area contributed by atoms with Crippen LogP contribution in [-0.4, -0.2) is 43.9 Å². The molecule has 0 saturated carbocycles. The number of pyridine rings is 1. The number of imidazole rings is 1. The summed E-state index contributed by atoms with van der Waals surface area (Å²) in [5.41, 5.74) is 3.44. The number of halogens is 1. The van der Waals surface area contributed by atoms with Crippen molar-refractivity contribution in [3.63, 3.8) is 0 Å². The molecule has 1 fully saturated rings. The fourth-order valence-corrected chi connectivity index (χ4v) is 4.65. The number of fused-ring (bicyclic) bond motifs is 1. The van der Waals surface area contributed by atoms with Crippen LogP contribution in [0.25, 0.3) is 5.65 Å². The van der Waals surface area contributed by atoms with E-state index in [1.54, 1.807) is 0 Å². The van der Waals surface area contributed by atoms with Crippen LogP contribution in [-0.2, 0) is 11.0 Å². The predicted octanol–water partition coefficient (Wildman–Crippen LogP) is 5.32. The Hall–Kier alpha value is -2.38. The first-order valence-electron chi connectivity index (χ1n) is 11.0. The minimum Gasteiger partial charge on any atom is -0.412 e. The lowest BCUT2D eigenvalue weighted by molar-refractivity contribution is 0.271. The largest absolute Gasteiger partial charge is 0.412 e. The van der Waals surface area contributed by atoms with E-state index in [9.17, 15) is 0 Å². The van der Waals surface area contributed by atoms with E-state index in [1.807, 2.05) is 41.1 Å². The molecule has 1 aromatic carbocycles. The monoisotopic (exact) mass is 440 g/mol. The number of hydrogen-bond donors (Lipinski definition) is 0. The van der Waals surface area contributed by atoms with Gasteiger partial charge in [0.15, 0.2) is 14.1 Å². The minimum absolute atomic E-state index is 0.108. The second-order valence-corrected chi connectivity index (χ2v) is 14.7. The Morgan fingerprint density at radius 2 is 1.74 bits per heavy atom. The van der Waals surface area contributed by atoms with Crippen molar-refractivity contribution in [1.82, 2.24) is 9.38 Å². The standard InChI is InChI=1S/C24H33FN4OSi/c1-24(2,3)31(4,5)30-18-19-7-6-8-21(23(19)25)28-15-13-27(14-16-28)20-9-10-22-26-11-12-29(22)17-20/h6-12,17H,13-16,18H2,1-5H3. The first-order valence-corrected chi connectivity index (χ1v) is 13.9. The summed E-state index contributed by atoms with van der Waals surface area (Å²) >= 11 is 0. The summed E-state index contributed by atoms with van der Waals surface area (Å²) in [6.07, 6.45) is 5.88. The zero-order valence-corrected chi connectivity index (χ0v) is 20.2. The molecule has 2 aromatic heterocycles. The van der Waals surface area contributed by atoms with Crippen LogP contribution in [0.3, 0.4) is 0 Å². The summed E-state index contributed by atoms with van der Waals surface area (Å²) in [4.78, 5) is 8.80. The molecule has 0 unspecified atom stereocenters. The molecular formula is C24H33FN4OSi. The van der Waals surface area contributed by atoms with Gasteiger partial charge in [0.1, 0.15) is 5.65 Å².